The summed E-state index contributed by atoms with van der Waals surface area (Å²) in [7, 11) is -1.15. The molecule has 0 bridgehead atoms. The molecular weight excluding hydrogens is 274 g/mol. The molecule has 4 heteroatoms. The molecule has 15 heavy (non-hydrogen) atoms. The number of halogens is 1. The predicted octanol–water partition coefficient (Wildman–Crippen LogP) is 3.01. The summed E-state index contributed by atoms with van der Waals surface area (Å²) in [6.45, 7) is 0. The zero-order valence-electron chi connectivity index (χ0n) is 7.76. The van der Waals surface area contributed by atoms with Gasteiger partial charge in [-0.1, -0.05) is 18.2 Å². The van der Waals surface area contributed by atoms with Gasteiger partial charge in [-0.15, -0.1) is 0 Å². The van der Waals surface area contributed by atoms with Crippen LogP contribution in [-0.2, 0) is 10.8 Å². The molecule has 0 saturated carbocycles. The summed E-state index contributed by atoms with van der Waals surface area (Å²) in [6, 6.07) is 11.1. The van der Waals surface area contributed by atoms with Crippen molar-refractivity contribution in [3.05, 3.63) is 53.3 Å². The van der Waals surface area contributed by atoms with E-state index in [-0.39, 0.29) is 0 Å². The summed E-state index contributed by atoms with van der Waals surface area (Å²) in [5.74, 6) is 0. The Balaban J connectivity index is 2.42. The molecule has 1 aromatic heterocycles. The second-order valence-corrected chi connectivity index (χ2v) is 5.19. The molecule has 0 N–H and O–H groups in total. The SMILES string of the molecule is O=S(c1ccccc1)c1ccncc1Br. The van der Waals surface area contributed by atoms with Gasteiger partial charge in [-0.2, -0.15) is 0 Å². The van der Waals surface area contributed by atoms with Crippen molar-refractivity contribution in [2.75, 3.05) is 0 Å². The van der Waals surface area contributed by atoms with Crippen molar-refractivity contribution in [3.8, 4) is 0 Å². The van der Waals surface area contributed by atoms with Crippen LogP contribution in [0.15, 0.2) is 63.1 Å². The van der Waals surface area contributed by atoms with Gasteiger partial charge in [0, 0.05) is 17.3 Å². The molecule has 76 valence electrons. The fraction of sp³-hybridized carbons (Fsp3) is 0. The van der Waals surface area contributed by atoms with Crippen molar-refractivity contribution in [1.82, 2.24) is 4.98 Å². The quantitative estimate of drug-likeness (QED) is 0.847. The maximum absolute atomic E-state index is 12.1. The van der Waals surface area contributed by atoms with Crippen LogP contribution >= 0.6 is 15.9 Å². The number of nitrogens with zero attached hydrogens (tertiary/aromatic N) is 1. The van der Waals surface area contributed by atoms with E-state index in [1.807, 2.05) is 30.3 Å². The third-order valence-electron chi connectivity index (χ3n) is 1.89. The molecule has 0 amide bonds. The molecule has 2 nitrogen and oxygen atoms in total. The Bertz CT molecular complexity index is 487. The summed E-state index contributed by atoms with van der Waals surface area (Å²) >= 11 is 3.34. The Morgan fingerprint density at radius 2 is 1.87 bits per heavy atom. The van der Waals surface area contributed by atoms with Crippen LogP contribution in [0, 0.1) is 0 Å². The summed E-state index contributed by atoms with van der Waals surface area (Å²) < 4.78 is 12.9. The maximum atomic E-state index is 12.1. The Labute approximate surface area is 98.9 Å². The lowest BCUT2D eigenvalue weighted by molar-refractivity contribution is 0.682. The van der Waals surface area contributed by atoms with Crippen molar-refractivity contribution >= 4 is 26.7 Å². The highest BCUT2D eigenvalue weighted by molar-refractivity contribution is 9.10. The van der Waals surface area contributed by atoms with E-state index < -0.39 is 10.8 Å². The highest BCUT2D eigenvalue weighted by Gasteiger charge is 2.09. The van der Waals surface area contributed by atoms with E-state index in [1.165, 1.54) is 0 Å². The molecule has 1 aromatic carbocycles. The van der Waals surface area contributed by atoms with Gasteiger partial charge in [0.1, 0.15) is 0 Å². The monoisotopic (exact) mass is 281 g/mol. The van der Waals surface area contributed by atoms with Crippen molar-refractivity contribution in [2.45, 2.75) is 9.79 Å². The third-order valence-corrected chi connectivity index (χ3v) is 4.24. The fourth-order valence-corrected chi connectivity index (χ4v) is 2.95. The maximum Gasteiger partial charge on any atom is 0.0862 e. The first kappa shape index (κ1) is 10.5. The van der Waals surface area contributed by atoms with E-state index in [1.54, 1.807) is 18.5 Å². The Kier molecular flexibility index (Phi) is 3.28. The normalized spacial score (nSPS) is 12.3. The molecule has 1 heterocycles. The molecule has 1 atom stereocenters. The lowest BCUT2D eigenvalue weighted by Gasteiger charge is -2.03. The summed E-state index contributed by atoms with van der Waals surface area (Å²) in [5, 5.41) is 0. The molecule has 2 aromatic rings. The summed E-state index contributed by atoms with van der Waals surface area (Å²) in [6.07, 6.45) is 3.29. The zero-order chi connectivity index (χ0) is 10.7. The van der Waals surface area contributed by atoms with Gasteiger partial charge < -0.3 is 0 Å². The van der Waals surface area contributed by atoms with Gasteiger partial charge in [0.25, 0.3) is 0 Å². The number of rotatable bonds is 2. The molecule has 0 spiro atoms. The van der Waals surface area contributed by atoms with E-state index in [2.05, 4.69) is 20.9 Å². The van der Waals surface area contributed by atoms with E-state index in [9.17, 15) is 4.21 Å². The topological polar surface area (TPSA) is 30.0 Å². The van der Waals surface area contributed by atoms with Gasteiger partial charge in [-0.05, 0) is 34.1 Å². The zero-order valence-corrected chi connectivity index (χ0v) is 10.2. The first-order valence-corrected chi connectivity index (χ1v) is 6.29. The highest BCUT2D eigenvalue weighted by Crippen LogP contribution is 2.22. The average Bonchev–Trinajstić information content (AvgIpc) is 2.30. The minimum absolute atomic E-state index is 0.746. The highest BCUT2D eigenvalue weighted by atomic mass is 79.9. The standard InChI is InChI=1S/C11H8BrNOS/c12-10-8-13-7-6-11(10)15(14)9-4-2-1-3-5-9/h1-8H. The van der Waals surface area contributed by atoms with Crippen molar-refractivity contribution < 1.29 is 4.21 Å². The van der Waals surface area contributed by atoms with Gasteiger partial charge in [0.2, 0.25) is 0 Å². The van der Waals surface area contributed by atoms with Crippen LogP contribution in [0.1, 0.15) is 0 Å². The number of pyridine rings is 1. The first-order chi connectivity index (χ1) is 7.29. The van der Waals surface area contributed by atoms with Crippen molar-refractivity contribution in [3.63, 3.8) is 0 Å². The molecule has 0 saturated heterocycles. The van der Waals surface area contributed by atoms with Gasteiger partial charge >= 0.3 is 0 Å². The minimum Gasteiger partial charge on any atom is -0.263 e. The minimum atomic E-state index is -1.15. The Hall–Kier alpha value is -1.00. The predicted molar refractivity (Wildman–Crippen MR) is 63.1 cm³/mol. The largest absolute Gasteiger partial charge is 0.263 e. The first-order valence-electron chi connectivity index (χ1n) is 4.35. The lowest BCUT2D eigenvalue weighted by Crippen LogP contribution is -1.93. The average molecular weight is 282 g/mol. The summed E-state index contributed by atoms with van der Waals surface area (Å²) in [5.41, 5.74) is 0. The van der Waals surface area contributed by atoms with Crippen molar-refractivity contribution in [2.24, 2.45) is 0 Å². The summed E-state index contributed by atoms with van der Waals surface area (Å²) in [4.78, 5) is 5.48. The van der Waals surface area contributed by atoms with E-state index >= 15 is 0 Å². The molecule has 2 rings (SSSR count). The number of benzene rings is 1. The molecule has 0 aliphatic heterocycles. The Morgan fingerprint density at radius 3 is 2.53 bits per heavy atom. The second kappa shape index (κ2) is 4.68. The smallest absolute Gasteiger partial charge is 0.0862 e. The van der Waals surface area contributed by atoms with E-state index in [0.717, 1.165) is 14.3 Å². The molecule has 0 radical (unpaired) electrons. The fourth-order valence-electron chi connectivity index (χ4n) is 1.18. The molecule has 0 fully saturated rings. The van der Waals surface area contributed by atoms with Crippen LogP contribution in [0.3, 0.4) is 0 Å². The molecule has 0 aliphatic rings. The van der Waals surface area contributed by atoms with Crippen molar-refractivity contribution in [1.29, 1.82) is 0 Å². The Morgan fingerprint density at radius 1 is 1.13 bits per heavy atom. The van der Waals surface area contributed by atoms with Gasteiger partial charge in [-0.3, -0.25) is 4.98 Å². The third kappa shape index (κ3) is 2.33. The van der Waals surface area contributed by atoms with E-state index in [0.29, 0.717) is 0 Å². The number of hydrogen-bond donors (Lipinski definition) is 0. The van der Waals surface area contributed by atoms with Gasteiger partial charge in [0.15, 0.2) is 0 Å². The van der Waals surface area contributed by atoms with Crippen LogP contribution in [-0.4, -0.2) is 9.19 Å². The molecule has 0 aliphatic carbocycles. The van der Waals surface area contributed by atoms with Crippen LogP contribution < -0.4 is 0 Å². The lowest BCUT2D eigenvalue weighted by atomic mass is 10.4. The second-order valence-electron chi connectivity index (χ2n) is 2.89. The van der Waals surface area contributed by atoms with Crippen LogP contribution in [0.4, 0.5) is 0 Å². The van der Waals surface area contributed by atoms with Gasteiger partial charge in [-0.25, -0.2) is 4.21 Å². The van der Waals surface area contributed by atoms with Crippen LogP contribution in [0.25, 0.3) is 0 Å². The van der Waals surface area contributed by atoms with E-state index in [4.69, 9.17) is 0 Å². The number of aromatic nitrogens is 1. The molecule has 1 unspecified atom stereocenters. The van der Waals surface area contributed by atoms with Crippen LogP contribution in [0.2, 0.25) is 0 Å². The van der Waals surface area contributed by atoms with Crippen LogP contribution in [0.5, 0.6) is 0 Å². The number of hydrogen-bond acceptors (Lipinski definition) is 2. The molecular formula is C11H8BrNOS. The van der Waals surface area contributed by atoms with Gasteiger partial charge in [0.05, 0.1) is 20.2 Å².